The number of aromatic nitrogens is 1. The lowest BCUT2D eigenvalue weighted by molar-refractivity contribution is 0.615. The molecule has 1 heterocycles. The number of anilines is 1. The van der Waals surface area contributed by atoms with Crippen LogP contribution in [0.4, 0.5) is 6.01 Å². The van der Waals surface area contributed by atoms with Crippen LogP contribution in [0.2, 0.25) is 5.02 Å². The van der Waals surface area contributed by atoms with E-state index in [4.69, 9.17) is 21.8 Å². The van der Waals surface area contributed by atoms with Crippen molar-refractivity contribution >= 4 is 28.7 Å². The Balaban J connectivity index is 2.32. The van der Waals surface area contributed by atoms with Crippen LogP contribution < -0.4 is 11.1 Å². The number of oxazole rings is 1. The number of hydrogen-bond donors (Lipinski definition) is 2. The standard InChI is InChI=1S/C9H10ClN3O/c10-6-1-2-8-7(5-6)13-9(14-8)12-4-3-11/h1-2,5H,3-4,11H2,(H,12,13). The fraction of sp³-hybridized carbons (Fsp3) is 0.222. The molecule has 0 atom stereocenters. The van der Waals surface area contributed by atoms with Crippen LogP contribution in [0.15, 0.2) is 22.6 Å². The highest BCUT2D eigenvalue weighted by atomic mass is 35.5. The summed E-state index contributed by atoms with van der Waals surface area (Å²) in [5, 5.41) is 3.61. The second-order valence-electron chi connectivity index (χ2n) is 2.85. The average Bonchev–Trinajstić information content (AvgIpc) is 2.56. The van der Waals surface area contributed by atoms with Gasteiger partial charge in [0, 0.05) is 18.1 Å². The summed E-state index contributed by atoms with van der Waals surface area (Å²) in [5.41, 5.74) is 6.81. The molecule has 3 N–H and O–H groups in total. The minimum Gasteiger partial charge on any atom is -0.424 e. The molecule has 0 aliphatic rings. The van der Waals surface area contributed by atoms with Gasteiger partial charge in [-0.1, -0.05) is 11.6 Å². The van der Waals surface area contributed by atoms with Crippen LogP contribution in [0.5, 0.6) is 0 Å². The van der Waals surface area contributed by atoms with Gasteiger partial charge >= 0.3 is 0 Å². The molecule has 0 spiro atoms. The van der Waals surface area contributed by atoms with Gasteiger partial charge in [0.25, 0.3) is 6.01 Å². The first kappa shape index (κ1) is 9.30. The van der Waals surface area contributed by atoms with Gasteiger partial charge in [-0.25, -0.2) is 0 Å². The van der Waals surface area contributed by atoms with E-state index < -0.39 is 0 Å². The zero-order valence-electron chi connectivity index (χ0n) is 7.46. The minimum absolute atomic E-state index is 0.479. The van der Waals surface area contributed by atoms with Crippen molar-refractivity contribution < 1.29 is 4.42 Å². The van der Waals surface area contributed by atoms with E-state index in [1.807, 2.05) is 0 Å². The monoisotopic (exact) mass is 211 g/mol. The fourth-order valence-electron chi connectivity index (χ4n) is 1.16. The van der Waals surface area contributed by atoms with Crippen LogP contribution in [-0.2, 0) is 0 Å². The highest BCUT2D eigenvalue weighted by molar-refractivity contribution is 6.31. The molecule has 0 radical (unpaired) electrons. The maximum Gasteiger partial charge on any atom is 0.295 e. The van der Waals surface area contributed by atoms with E-state index in [-0.39, 0.29) is 0 Å². The van der Waals surface area contributed by atoms with E-state index in [0.29, 0.717) is 29.7 Å². The highest BCUT2D eigenvalue weighted by Crippen LogP contribution is 2.21. The Labute approximate surface area is 86.0 Å². The van der Waals surface area contributed by atoms with Gasteiger partial charge in [-0.2, -0.15) is 4.98 Å². The quantitative estimate of drug-likeness (QED) is 0.814. The molecule has 1 aromatic heterocycles. The normalized spacial score (nSPS) is 10.7. The van der Waals surface area contributed by atoms with Gasteiger partial charge in [0.05, 0.1) is 0 Å². The first-order valence-electron chi connectivity index (χ1n) is 4.29. The van der Waals surface area contributed by atoms with Crippen LogP contribution in [0, 0.1) is 0 Å². The lowest BCUT2D eigenvalue weighted by Gasteiger charge is -1.95. The predicted octanol–water partition coefficient (Wildman–Crippen LogP) is 1.85. The fourth-order valence-corrected chi connectivity index (χ4v) is 1.32. The largest absolute Gasteiger partial charge is 0.424 e. The molecule has 0 aliphatic carbocycles. The summed E-state index contributed by atoms with van der Waals surface area (Å²) in [4.78, 5) is 4.19. The lowest BCUT2D eigenvalue weighted by atomic mass is 10.3. The molecule has 0 unspecified atom stereocenters. The molecule has 74 valence electrons. The number of rotatable bonds is 3. The van der Waals surface area contributed by atoms with E-state index in [9.17, 15) is 0 Å². The van der Waals surface area contributed by atoms with Gasteiger partial charge in [-0.3, -0.25) is 0 Å². The maximum absolute atomic E-state index is 5.81. The van der Waals surface area contributed by atoms with Crippen LogP contribution in [-0.4, -0.2) is 18.1 Å². The molecular formula is C9H10ClN3O. The summed E-state index contributed by atoms with van der Waals surface area (Å²) < 4.78 is 5.39. The third-order valence-electron chi connectivity index (χ3n) is 1.77. The Hall–Kier alpha value is -1.26. The van der Waals surface area contributed by atoms with Crippen LogP contribution in [0.1, 0.15) is 0 Å². The first-order valence-corrected chi connectivity index (χ1v) is 4.67. The number of benzene rings is 1. The third kappa shape index (κ3) is 1.81. The van der Waals surface area contributed by atoms with Crippen molar-refractivity contribution in [2.45, 2.75) is 0 Å². The van der Waals surface area contributed by atoms with Gasteiger partial charge in [0.15, 0.2) is 5.58 Å². The maximum atomic E-state index is 5.81. The Bertz CT molecular complexity index is 441. The molecule has 0 saturated heterocycles. The highest BCUT2D eigenvalue weighted by Gasteiger charge is 2.04. The summed E-state index contributed by atoms with van der Waals surface area (Å²) in [6, 6.07) is 5.79. The number of fused-ring (bicyclic) bond motifs is 1. The zero-order valence-corrected chi connectivity index (χ0v) is 8.21. The molecule has 2 aromatic rings. The minimum atomic E-state index is 0.479. The predicted molar refractivity (Wildman–Crippen MR) is 56.6 cm³/mol. The Kier molecular flexibility index (Phi) is 2.56. The van der Waals surface area contributed by atoms with Gasteiger partial charge < -0.3 is 15.5 Å². The summed E-state index contributed by atoms with van der Waals surface area (Å²) >= 11 is 5.81. The van der Waals surface area contributed by atoms with E-state index in [2.05, 4.69) is 10.3 Å². The second-order valence-corrected chi connectivity index (χ2v) is 3.28. The van der Waals surface area contributed by atoms with Crippen LogP contribution >= 0.6 is 11.6 Å². The number of halogens is 1. The molecule has 0 saturated carbocycles. The molecule has 14 heavy (non-hydrogen) atoms. The number of nitrogens with two attached hydrogens (primary N) is 1. The van der Waals surface area contributed by atoms with Crippen molar-refractivity contribution in [3.63, 3.8) is 0 Å². The molecule has 1 aromatic carbocycles. The van der Waals surface area contributed by atoms with Crippen molar-refractivity contribution in [1.29, 1.82) is 0 Å². The summed E-state index contributed by atoms with van der Waals surface area (Å²) in [6.45, 7) is 1.18. The van der Waals surface area contributed by atoms with Gasteiger partial charge in [-0.15, -0.1) is 0 Å². The number of hydrogen-bond acceptors (Lipinski definition) is 4. The smallest absolute Gasteiger partial charge is 0.295 e. The van der Waals surface area contributed by atoms with Crippen molar-refractivity contribution in [2.24, 2.45) is 5.73 Å². The zero-order chi connectivity index (χ0) is 9.97. The molecule has 0 aliphatic heterocycles. The number of nitrogens with one attached hydrogen (secondary N) is 1. The second kappa shape index (κ2) is 3.86. The SMILES string of the molecule is NCCNc1nc2cc(Cl)ccc2o1. The molecular weight excluding hydrogens is 202 g/mol. The molecule has 0 fully saturated rings. The first-order chi connectivity index (χ1) is 6.79. The van der Waals surface area contributed by atoms with Crippen molar-refractivity contribution in [2.75, 3.05) is 18.4 Å². The lowest BCUT2D eigenvalue weighted by Crippen LogP contribution is -2.13. The van der Waals surface area contributed by atoms with Crippen LogP contribution in [0.25, 0.3) is 11.1 Å². The Morgan fingerprint density at radius 1 is 1.50 bits per heavy atom. The summed E-state index contributed by atoms with van der Waals surface area (Å²) in [7, 11) is 0. The van der Waals surface area contributed by atoms with Crippen LogP contribution in [0.3, 0.4) is 0 Å². The molecule has 0 amide bonds. The summed E-state index contributed by atoms with van der Waals surface area (Å²) in [5.74, 6) is 0. The van der Waals surface area contributed by atoms with E-state index in [1.54, 1.807) is 18.2 Å². The van der Waals surface area contributed by atoms with Crippen molar-refractivity contribution in [3.05, 3.63) is 23.2 Å². The van der Waals surface area contributed by atoms with E-state index in [0.717, 1.165) is 5.52 Å². The topological polar surface area (TPSA) is 64.1 Å². The molecule has 5 heteroatoms. The summed E-state index contributed by atoms with van der Waals surface area (Å²) in [6.07, 6.45) is 0. The average molecular weight is 212 g/mol. The van der Waals surface area contributed by atoms with Gasteiger partial charge in [0.2, 0.25) is 0 Å². The van der Waals surface area contributed by atoms with Crippen molar-refractivity contribution in [1.82, 2.24) is 4.98 Å². The Morgan fingerprint density at radius 2 is 2.36 bits per heavy atom. The van der Waals surface area contributed by atoms with E-state index in [1.165, 1.54) is 0 Å². The van der Waals surface area contributed by atoms with Crippen molar-refractivity contribution in [3.8, 4) is 0 Å². The van der Waals surface area contributed by atoms with Gasteiger partial charge in [0.1, 0.15) is 5.52 Å². The number of nitrogens with zero attached hydrogens (tertiary/aromatic N) is 1. The van der Waals surface area contributed by atoms with Gasteiger partial charge in [-0.05, 0) is 18.2 Å². The molecule has 0 bridgehead atoms. The van der Waals surface area contributed by atoms with E-state index >= 15 is 0 Å². The Morgan fingerprint density at radius 3 is 3.14 bits per heavy atom. The third-order valence-corrected chi connectivity index (χ3v) is 2.01. The molecule has 2 rings (SSSR count). The molecule has 4 nitrogen and oxygen atoms in total.